The first-order valence-corrected chi connectivity index (χ1v) is 5.97. The molecule has 4 unspecified atom stereocenters. The van der Waals surface area contributed by atoms with E-state index in [4.69, 9.17) is 4.74 Å². The molecule has 3 aliphatic rings. The van der Waals surface area contributed by atoms with Crippen molar-refractivity contribution in [2.24, 2.45) is 11.8 Å². The fraction of sp³-hybridized carbons (Fsp3) is 1.00. The van der Waals surface area contributed by atoms with E-state index in [-0.39, 0.29) is 0 Å². The van der Waals surface area contributed by atoms with Crippen molar-refractivity contribution in [3.63, 3.8) is 0 Å². The Bertz CT molecular complexity index is 213. The second kappa shape index (κ2) is 2.73. The largest absolute Gasteiger partial charge is 0.371 e. The van der Waals surface area contributed by atoms with Gasteiger partial charge in [-0.15, -0.1) is 0 Å². The number of rotatable bonds is 0. The molecule has 0 aromatic heterocycles. The number of hydrogen-bond donors (Lipinski definition) is 0. The summed E-state index contributed by atoms with van der Waals surface area (Å²) < 4.78 is 6.28. The molecule has 4 atom stereocenters. The maximum atomic E-state index is 6.28. The van der Waals surface area contributed by atoms with Crippen LogP contribution < -0.4 is 0 Å². The third kappa shape index (κ3) is 1.09. The molecule has 1 heteroatoms. The molecule has 0 N–H and O–H groups in total. The van der Waals surface area contributed by atoms with Gasteiger partial charge in [0.2, 0.25) is 0 Å². The molecule has 0 aromatic rings. The molecule has 1 aliphatic heterocycles. The van der Waals surface area contributed by atoms with Gasteiger partial charge in [-0.2, -0.15) is 0 Å². The summed E-state index contributed by atoms with van der Waals surface area (Å²) in [6.45, 7) is 2.36. The maximum absolute atomic E-state index is 6.28. The number of ether oxygens (including phenoxy) is 1. The zero-order valence-electron chi connectivity index (χ0n) is 8.59. The Balaban J connectivity index is 1.86. The summed E-state index contributed by atoms with van der Waals surface area (Å²) in [7, 11) is 0. The monoisotopic (exact) mass is 180 g/mol. The average Bonchev–Trinajstić information content (AvgIpc) is 2.58. The third-order valence-electron chi connectivity index (χ3n) is 4.66. The van der Waals surface area contributed by atoms with E-state index >= 15 is 0 Å². The standard InChI is InChI=1S/C12H20O/c1-12-8-4-6-10(12)9-5-2-3-7-11(9)13-12/h9-11H,2-8H2,1H3. The van der Waals surface area contributed by atoms with Gasteiger partial charge >= 0.3 is 0 Å². The molecule has 3 rings (SSSR count). The quantitative estimate of drug-likeness (QED) is 0.556. The van der Waals surface area contributed by atoms with E-state index in [1.807, 2.05) is 0 Å². The van der Waals surface area contributed by atoms with Crippen LogP contribution in [0.5, 0.6) is 0 Å². The van der Waals surface area contributed by atoms with Gasteiger partial charge in [0.25, 0.3) is 0 Å². The van der Waals surface area contributed by atoms with Gasteiger partial charge in [0.1, 0.15) is 0 Å². The first-order valence-electron chi connectivity index (χ1n) is 5.97. The van der Waals surface area contributed by atoms with Crippen LogP contribution in [0, 0.1) is 11.8 Å². The molecular formula is C12H20O. The van der Waals surface area contributed by atoms with Crippen LogP contribution in [0.2, 0.25) is 0 Å². The molecule has 1 nitrogen and oxygen atoms in total. The summed E-state index contributed by atoms with van der Waals surface area (Å²) in [5.74, 6) is 1.85. The number of hydrogen-bond acceptors (Lipinski definition) is 1. The zero-order valence-corrected chi connectivity index (χ0v) is 8.59. The lowest BCUT2D eigenvalue weighted by atomic mass is 9.76. The molecule has 0 bridgehead atoms. The molecule has 0 radical (unpaired) electrons. The molecule has 1 heterocycles. The van der Waals surface area contributed by atoms with Crippen molar-refractivity contribution >= 4 is 0 Å². The van der Waals surface area contributed by atoms with Crippen molar-refractivity contribution in [2.75, 3.05) is 0 Å². The van der Waals surface area contributed by atoms with Crippen LogP contribution in [0.4, 0.5) is 0 Å². The lowest BCUT2D eigenvalue weighted by Gasteiger charge is -2.26. The second-order valence-corrected chi connectivity index (χ2v) is 5.42. The van der Waals surface area contributed by atoms with E-state index in [1.54, 1.807) is 0 Å². The minimum absolute atomic E-state index is 0.291. The van der Waals surface area contributed by atoms with Crippen LogP contribution in [0.15, 0.2) is 0 Å². The van der Waals surface area contributed by atoms with Gasteiger partial charge in [0, 0.05) is 0 Å². The first-order chi connectivity index (χ1) is 6.30. The molecule has 74 valence electrons. The number of fused-ring (bicyclic) bond motifs is 3. The maximum Gasteiger partial charge on any atom is 0.0690 e. The molecule has 0 spiro atoms. The molecule has 2 saturated carbocycles. The predicted octanol–water partition coefficient (Wildman–Crippen LogP) is 3.13. The van der Waals surface area contributed by atoms with Crippen LogP contribution in [0.25, 0.3) is 0 Å². The average molecular weight is 180 g/mol. The van der Waals surface area contributed by atoms with Crippen molar-refractivity contribution in [1.82, 2.24) is 0 Å². The molecule has 3 fully saturated rings. The summed E-state index contributed by atoms with van der Waals surface area (Å²) in [6.07, 6.45) is 10.5. The molecule has 1 saturated heterocycles. The van der Waals surface area contributed by atoms with Crippen molar-refractivity contribution in [2.45, 2.75) is 63.6 Å². The van der Waals surface area contributed by atoms with Crippen molar-refractivity contribution < 1.29 is 4.74 Å². The van der Waals surface area contributed by atoms with Crippen LogP contribution in [0.1, 0.15) is 51.9 Å². The molecule has 13 heavy (non-hydrogen) atoms. The van der Waals surface area contributed by atoms with Gasteiger partial charge in [-0.05, 0) is 44.4 Å². The van der Waals surface area contributed by atoms with Gasteiger partial charge in [-0.3, -0.25) is 0 Å². The van der Waals surface area contributed by atoms with Crippen molar-refractivity contribution in [3.8, 4) is 0 Å². The third-order valence-corrected chi connectivity index (χ3v) is 4.66. The van der Waals surface area contributed by atoms with Crippen LogP contribution in [0.3, 0.4) is 0 Å². The van der Waals surface area contributed by atoms with E-state index in [9.17, 15) is 0 Å². The summed E-state index contributed by atoms with van der Waals surface area (Å²) in [5, 5.41) is 0. The van der Waals surface area contributed by atoms with E-state index in [2.05, 4.69) is 6.92 Å². The highest BCUT2D eigenvalue weighted by Crippen LogP contribution is 2.54. The van der Waals surface area contributed by atoms with Crippen molar-refractivity contribution in [3.05, 3.63) is 0 Å². The van der Waals surface area contributed by atoms with E-state index in [1.165, 1.54) is 44.9 Å². The molecule has 0 aromatic carbocycles. The smallest absolute Gasteiger partial charge is 0.0690 e. The highest BCUT2D eigenvalue weighted by Gasteiger charge is 2.54. The van der Waals surface area contributed by atoms with Gasteiger partial charge in [0.15, 0.2) is 0 Å². The van der Waals surface area contributed by atoms with Crippen molar-refractivity contribution in [1.29, 1.82) is 0 Å². The topological polar surface area (TPSA) is 9.23 Å². The second-order valence-electron chi connectivity index (χ2n) is 5.42. The van der Waals surface area contributed by atoms with Gasteiger partial charge in [-0.25, -0.2) is 0 Å². The highest BCUT2D eigenvalue weighted by atomic mass is 16.5. The molecule has 0 amide bonds. The van der Waals surface area contributed by atoms with E-state index in [0.717, 1.165) is 11.8 Å². The Labute approximate surface area is 80.8 Å². The van der Waals surface area contributed by atoms with Crippen LogP contribution >= 0.6 is 0 Å². The first kappa shape index (κ1) is 8.28. The lowest BCUT2D eigenvalue weighted by Crippen LogP contribution is -2.27. The lowest BCUT2D eigenvalue weighted by molar-refractivity contribution is -0.0456. The zero-order chi connectivity index (χ0) is 8.89. The Morgan fingerprint density at radius 3 is 2.85 bits per heavy atom. The summed E-state index contributed by atoms with van der Waals surface area (Å²) in [6, 6.07) is 0. The summed E-state index contributed by atoms with van der Waals surface area (Å²) in [4.78, 5) is 0. The fourth-order valence-corrected chi connectivity index (χ4v) is 4.05. The van der Waals surface area contributed by atoms with Gasteiger partial charge in [-0.1, -0.05) is 19.3 Å². The van der Waals surface area contributed by atoms with Crippen LogP contribution in [-0.4, -0.2) is 11.7 Å². The van der Waals surface area contributed by atoms with E-state index < -0.39 is 0 Å². The SMILES string of the molecule is CC12CCCC1C1CCCCC1O2. The summed E-state index contributed by atoms with van der Waals surface area (Å²) >= 11 is 0. The minimum atomic E-state index is 0.291. The molecular weight excluding hydrogens is 160 g/mol. The Kier molecular flexibility index (Phi) is 1.74. The fourth-order valence-electron chi connectivity index (χ4n) is 4.05. The highest BCUT2D eigenvalue weighted by molar-refractivity contribution is 5.03. The van der Waals surface area contributed by atoms with Gasteiger partial charge < -0.3 is 4.74 Å². The predicted molar refractivity (Wildman–Crippen MR) is 52.6 cm³/mol. The van der Waals surface area contributed by atoms with Crippen LogP contribution in [-0.2, 0) is 4.74 Å². The van der Waals surface area contributed by atoms with Gasteiger partial charge in [0.05, 0.1) is 11.7 Å². The Morgan fingerprint density at radius 1 is 1.08 bits per heavy atom. The minimum Gasteiger partial charge on any atom is -0.371 e. The summed E-state index contributed by atoms with van der Waals surface area (Å²) in [5.41, 5.74) is 0.291. The Morgan fingerprint density at radius 2 is 1.92 bits per heavy atom. The Hall–Kier alpha value is -0.0400. The normalized spacial score (nSPS) is 54.7. The van der Waals surface area contributed by atoms with E-state index in [0.29, 0.717) is 11.7 Å². The molecule has 2 aliphatic carbocycles.